The van der Waals surface area contributed by atoms with Crippen molar-refractivity contribution in [1.82, 2.24) is 10.3 Å². The van der Waals surface area contributed by atoms with Crippen LogP contribution in [-0.4, -0.2) is 24.5 Å². The van der Waals surface area contributed by atoms with Crippen molar-refractivity contribution in [3.63, 3.8) is 0 Å². The van der Waals surface area contributed by atoms with Crippen LogP contribution in [0.4, 0.5) is 0 Å². The summed E-state index contributed by atoms with van der Waals surface area (Å²) in [6.45, 7) is 1.05. The maximum atomic E-state index is 11.9. The van der Waals surface area contributed by atoms with Gasteiger partial charge in [0.25, 0.3) is 5.91 Å². The molecule has 1 aromatic carbocycles. The van der Waals surface area contributed by atoms with Crippen molar-refractivity contribution in [3.05, 3.63) is 50.9 Å². The highest BCUT2D eigenvalue weighted by atomic mass is 35.5. The van der Waals surface area contributed by atoms with Crippen LogP contribution in [0, 0.1) is 0 Å². The van der Waals surface area contributed by atoms with Crippen LogP contribution >= 0.6 is 22.9 Å². The molecule has 0 aliphatic rings. The van der Waals surface area contributed by atoms with Gasteiger partial charge in [0, 0.05) is 25.5 Å². The van der Waals surface area contributed by atoms with Gasteiger partial charge in [-0.2, -0.15) is 0 Å². The molecule has 0 saturated heterocycles. The standard InChI is InChI=1S/C14H15ClN2O2S/c1-19-8-13-17-10(9-20-13)6-7-16-14(18)11-4-2-3-5-12(11)15/h2-5,9H,6-8H2,1H3,(H,16,18). The maximum Gasteiger partial charge on any atom is 0.252 e. The smallest absolute Gasteiger partial charge is 0.252 e. The fraction of sp³-hybridized carbons (Fsp3) is 0.286. The number of hydrogen-bond acceptors (Lipinski definition) is 4. The molecule has 0 unspecified atom stereocenters. The first-order valence-corrected chi connectivity index (χ1v) is 7.41. The zero-order chi connectivity index (χ0) is 14.4. The number of ether oxygens (including phenoxy) is 1. The molecule has 0 fully saturated rings. The fourth-order valence-electron chi connectivity index (χ4n) is 1.70. The fourth-order valence-corrected chi connectivity index (χ4v) is 2.72. The van der Waals surface area contributed by atoms with E-state index < -0.39 is 0 Å². The molecule has 2 rings (SSSR count). The second-order valence-corrected chi connectivity index (χ2v) is 5.50. The van der Waals surface area contributed by atoms with Crippen molar-refractivity contribution in [1.29, 1.82) is 0 Å². The quantitative estimate of drug-likeness (QED) is 0.892. The van der Waals surface area contributed by atoms with Crippen molar-refractivity contribution in [2.45, 2.75) is 13.0 Å². The van der Waals surface area contributed by atoms with E-state index in [0.29, 0.717) is 30.2 Å². The molecule has 20 heavy (non-hydrogen) atoms. The summed E-state index contributed by atoms with van der Waals surface area (Å²) < 4.78 is 5.02. The number of aromatic nitrogens is 1. The number of carbonyl (C=O) groups excluding carboxylic acids is 1. The number of carbonyl (C=O) groups is 1. The number of halogens is 1. The monoisotopic (exact) mass is 310 g/mol. The summed E-state index contributed by atoms with van der Waals surface area (Å²) in [6, 6.07) is 7.00. The van der Waals surface area contributed by atoms with E-state index in [2.05, 4.69) is 10.3 Å². The van der Waals surface area contributed by atoms with E-state index >= 15 is 0 Å². The van der Waals surface area contributed by atoms with Gasteiger partial charge in [0.05, 0.1) is 22.9 Å². The van der Waals surface area contributed by atoms with E-state index in [4.69, 9.17) is 16.3 Å². The number of methoxy groups -OCH3 is 1. The predicted octanol–water partition coefficient (Wildman–Crippen LogP) is 2.92. The summed E-state index contributed by atoms with van der Waals surface area (Å²) in [5.41, 5.74) is 1.45. The van der Waals surface area contributed by atoms with Crippen LogP contribution in [0.2, 0.25) is 5.02 Å². The van der Waals surface area contributed by atoms with Crippen LogP contribution in [0.25, 0.3) is 0 Å². The van der Waals surface area contributed by atoms with Gasteiger partial charge in [-0.3, -0.25) is 4.79 Å². The molecule has 0 aliphatic heterocycles. The lowest BCUT2D eigenvalue weighted by Gasteiger charge is -2.05. The van der Waals surface area contributed by atoms with E-state index in [1.807, 2.05) is 5.38 Å². The second-order valence-electron chi connectivity index (χ2n) is 4.15. The minimum Gasteiger partial charge on any atom is -0.378 e. The highest BCUT2D eigenvalue weighted by Gasteiger charge is 2.09. The van der Waals surface area contributed by atoms with Gasteiger partial charge in [-0.1, -0.05) is 23.7 Å². The predicted molar refractivity (Wildman–Crippen MR) is 80.3 cm³/mol. The van der Waals surface area contributed by atoms with Crippen LogP contribution in [0.5, 0.6) is 0 Å². The van der Waals surface area contributed by atoms with E-state index in [9.17, 15) is 4.79 Å². The van der Waals surface area contributed by atoms with Crippen LogP contribution < -0.4 is 5.32 Å². The van der Waals surface area contributed by atoms with Crippen molar-refractivity contribution in [2.75, 3.05) is 13.7 Å². The van der Waals surface area contributed by atoms with Crippen molar-refractivity contribution < 1.29 is 9.53 Å². The van der Waals surface area contributed by atoms with Crippen molar-refractivity contribution >= 4 is 28.8 Å². The largest absolute Gasteiger partial charge is 0.378 e. The van der Waals surface area contributed by atoms with Gasteiger partial charge in [0.2, 0.25) is 0 Å². The molecule has 1 heterocycles. The molecule has 6 heteroatoms. The van der Waals surface area contributed by atoms with E-state index in [1.54, 1.807) is 42.7 Å². The minimum atomic E-state index is -0.164. The molecule has 106 valence electrons. The first-order chi connectivity index (χ1) is 9.70. The molecule has 1 N–H and O–H groups in total. The number of benzene rings is 1. The molecule has 1 amide bonds. The normalized spacial score (nSPS) is 10.5. The summed E-state index contributed by atoms with van der Waals surface area (Å²) in [7, 11) is 1.64. The number of hydrogen-bond donors (Lipinski definition) is 1. The summed E-state index contributed by atoms with van der Waals surface area (Å²) in [5.74, 6) is -0.164. The van der Waals surface area contributed by atoms with Gasteiger partial charge < -0.3 is 10.1 Å². The lowest BCUT2D eigenvalue weighted by Crippen LogP contribution is -2.26. The van der Waals surface area contributed by atoms with E-state index in [0.717, 1.165) is 10.7 Å². The van der Waals surface area contributed by atoms with Gasteiger partial charge in [-0.25, -0.2) is 4.98 Å². The Morgan fingerprint density at radius 1 is 1.45 bits per heavy atom. The molecule has 1 aromatic heterocycles. The zero-order valence-corrected chi connectivity index (χ0v) is 12.6. The first-order valence-electron chi connectivity index (χ1n) is 6.15. The molecular formula is C14H15ClN2O2S. The number of amides is 1. The average Bonchev–Trinajstić information content (AvgIpc) is 2.87. The molecule has 4 nitrogen and oxygen atoms in total. The van der Waals surface area contributed by atoms with Crippen molar-refractivity contribution in [3.8, 4) is 0 Å². The highest BCUT2D eigenvalue weighted by molar-refractivity contribution is 7.09. The third-order valence-electron chi connectivity index (χ3n) is 2.65. The Balaban J connectivity index is 1.83. The van der Waals surface area contributed by atoms with Crippen molar-refractivity contribution in [2.24, 2.45) is 0 Å². The van der Waals surface area contributed by atoms with Crippen LogP contribution in [0.15, 0.2) is 29.6 Å². The van der Waals surface area contributed by atoms with E-state index in [1.165, 1.54) is 0 Å². The Hall–Kier alpha value is -1.43. The molecule has 0 bridgehead atoms. The van der Waals surface area contributed by atoms with Crippen LogP contribution in [-0.2, 0) is 17.8 Å². The van der Waals surface area contributed by atoms with Crippen LogP contribution in [0.3, 0.4) is 0 Å². The Morgan fingerprint density at radius 3 is 3.00 bits per heavy atom. The molecule has 2 aromatic rings. The lowest BCUT2D eigenvalue weighted by atomic mass is 10.2. The highest BCUT2D eigenvalue weighted by Crippen LogP contribution is 2.14. The number of thiazole rings is 1. The Labute approximate surface area is 126 Å². The average molecular weight is 311 g/mol. The summed E-state index contributed by atoms with van der Waals surface area (Å²) >= 11 is 7.53. The minimum absolute atomic E-state index is 0.164. The third-order valence-corrected chi connectivity index (χ3v) is 3.85. The Morgan fingerprint density at radius 2 is 2.25 bits per heavy atom. The lowest BCUT2D eigenvalue weighted by molar-refractivity contribution is 0.0954. The number of rotatable bonds is 6. The molecule has 0 aliphatic carbocycles. The molecule has 0 atom stereocenters. The van der Waals surface area contributed by atoms with Gasteiger partial charge in [-0.05, 0) is 12.1 Å². The van der Waals surface area contributed by atoms with Gasteiger partial charge >= 0.3 is 0 Å². The topological polar surface area (TPSA) is 51.2 Å². The second kappa shape index (κ2) is 7.38. The summed E-state index contributed by atoms with van der Waals surface area (Å²) in [6.07, 6.45) is 0.691. The Kier molecular flexibility index (Phi) is 5.52. The van der Waals surface area contributed by atoms with Gasteiger partial charge in [-0.15, -0.1) is 11.3 Å². The SMILES string of the molecule is COCc1nc(CCNC(=O)c2ccccc2Cl)cs1. The van der Waals surface area contributed by atoms with E-state index in [-0.39, 0.29) is 5.91 Å². The Bertz CT molecular complexity index is 586. The zero-order valence-electron chi connectivity index (χ0n) is 11.1. The first kappa shape index (κ1) is 15.0. The molecule has 0 spiro atoms. The van der Waals surface area contributed by atoms with Gasteiger partial charge in [0.15, 0.2) is 0 Å². The summed E-state index contributed by atoms with van der Waals surface area (Å²) in [4.78, 5) is 16.3. The van der Waals surface area contributed by atoms with Gasteiger partial charge in [0.1, 0.15) is 5.01 Å². The molecule has 0 radical (unpaired) electrons. The maximum absolute atomic E-state index is 11.9. The summed E-state index contributed by atoms with van der Waals surface area (Å²) in [5, 5.41) is 6.23. The van der Waals surface area contributed by atoms with Crippen LogP contribution in [0.1, 0.15) is 21.1 Å². The number of nitrogens with one attached hydrogen (secondary N) is 1. The number of nitrogens with zero attached hydrogens (tertiary/aromatic N) is 1. The molecular weight excluding hydrogens is 296 g/mol. The third kappa shape index (κ3) is 4.03. The molecule has 0 saturated carbocycles.